The highest BCUT2D eigenvalue weighted by Crippen LogP contribution is 2.34. The first-order chi connectivity index (χ1) is 12.0. The highest BCUT2D eigenvalue weighted by atomic mass is 35.5. The molecule has 0 aliphatic rings. The van der Waals surface area contributed by atoms with Crippen LogP contribution < -0.4 is 5.32 Å². The molecule has 0 unspecified atom stereocenters. The molecule has 25 heavy (non-hydrogen) atoms. The number of hydrogen-bond donors (Lipinski definition) is 1. The van der Waals surface area contributed by atoms with Crippen molar-refractivity contribution >= 4 is 46.5 Å². The Morgan fingerprint density at radius 3 is 2.68 bits per heavy atom. The van der Waals surface area contributed by atoms with Gasteiger partial charge in [0.25, 0.3) is 0 Å². The lowest BCUT2D eigenvalue weighted by Crippen LogP contribution is -2.12. The molecule has 1 heterocycles. The predicted molar refractivity (Wildman–Crippen MR) is 101 cm³/mol. The van der Waals surface area contributed by atoms with Gasteiger partial charge in [-0.05, 0) is 18.6 Å². The predicted octanol–water partition coefficient (Wildman–Crippen LogP) is 5.61. The summed E-state index contributed by atoms with van der Waals surface area (Å²) in [7, 11) is 0. The third-order valence-corrected chi connectivity index (χ3v) is 4.90. The molecule has 1 aromatic carbocycles. The first-order valence-electron chi connectivity index (χ1n) is 7.91. The van der Waals surface area contributed by atoms with Crippen molar-refractivity contribution in [3.05, 3.63) is 39.0 Å². The molecular formula is C17H17Cl3N4O. The minimum atomic E-state index is -0.168. The van der Waals surface area contributed by atoms with Gasteiger partial charge in [0, 0.05) is 6.42 Å². The van der Waals surface area contributed by atoms with Gasteiger partial charge in [0.15, 0.2) is 5.82 Å². The molecule has 0 saturated heterocycles. The van der Waals surface area contributed by atoms with Gasteiger partial charge < -0.3 is 5.32 Å². The Bertz CT molecular complexity index is 811. The largest absolute Gasteiger partial charge is 0.308 e. The third-order valence-electron chi connectivity index (χ3n) is 3.61. The van der Waals surface area contributed by atoms with E-state index >= 15 is 0 Å². The Morgan fingerprint density at radius 2 is 2.00 bits per heavy atom. The average molecular weight is 400 g/mol. The first-order valence-corrected chi connectivity index (χ1v) is 9.04. The molecule has 0 atom stereocenters. The highest BCUT2D eigenvalue weighted by molar-refractivity contribution is 6.48. The second kappa shape index (κ2) is 9.10. The monoisotopic (exact) mass is 398 g/mol. The number of nitriles is 1. The van der Waals surface area contributed by atoms with Crippen molar-refractivity contribution < 1.29 is 4.79 Å². The van der Waals surface area contributed by atoms with Gasteiger partial charge in [-0.2, -0.15) is 5.26 Å². The van der Waals surface area contributed by atoms with E-state index in [2.05, 4.69) is 17.3 Å². The van der Waals surface area contributed by atoms with Gasteiger partial charge in [-0.1, -0.05) is 61.0 Å². The molecule has 2 aromatic rings. The maximum absolute atomic E-state index is 12.0. The normalized spacial score (nSPS) is 10.5. The van der Waals surface area contributed by atoms with Gasteiger partial charge in [-0.3, -0.25) is 4.79 Å². The second-order valence-electron chi connectivity index (χ2n) is 5.50. The molecule has 0 radical (unpaired) electrons. The number of amides is 1. The van der Waals surface area contributed by atoms with Crippen LogP contribution in [0.1, 0.15) is 44.6 Å². The van der Waals surface area contributed by atoms with Crippen LogP contribution in [0.25, 0.3) is 5.69 Å². The number of rotatable bonds is 7. The van der Waals surface area contributed by atoms with Crippen LogP contribution in [0, 0.1) is 11.3 Å². The van der Waals surface area contributed by atoms with E-state index in [0.29, 0.717) is 17.1 Å². The van der Waals surface area contributed by atoms with Crippen LogP contribution in [0.15, 0.2) is 18.3 Å². The van der Waals surface area contributed by atoms with Gasteiger partial charge in [-0.25, -0.2) is 4.68 Å². The van der Waals surface area contributed by atoms with Crippen molar-refractivity contribution in [3.63, 3.8) is 0 Å². The lowest BCUT2D eigenvalue weighted by Gasteiger charge is -2.07. The van der Waals surface area contributed by atoms with Crippen molar-refractivity contribution in [3.8, 4) is 11.8 Å². The van der Waals surface area contributed by atoms with E-state index < -0.39 is 0 Å². The minimum Gasteiger partial charge on any atom is -0.308 e. The van der Waals surface area contributed by atoms with E-state index in [1.165, 1.54) is 10.9 Å². The minimum absolute atomic E-state index is 0.168. The molecule has 1 aromatic heterocycles. The summed E-state index contributed by atoms with van der Waals surface area (Å²) in [5, 5.41) is 16.9. The van der Waals surface area contributed by atoms with Crippen molar-refractivity contribution in [1.29, 1.82) is 5.26 Å². The maximum atomic E-state index is 12.0. The van der Waals surface area contributed by atoms with E-state index in [9.17, 15) is 10.1 Å². The fourth-order valence-electron chi connectivity index (χ4n) is 2.27. The molecule has 0 aliphatic carbocycles. The van der Waals surface area contributed by atoms with Gasteiger partial charge in [0.1, 0.15) is 11.6 Å². The van der Waals surface area contributed by atoms with Crippen molar-refractivity contribution in [1.82, 2.24) is 9.78 Å². The third kappa shape index (κ3) is 4.88. The van der Waals surface area contributed by atoms with Crippen LogP contribution >= 0.6 is 34.8 Å². The molecule has 0 bridgehead atoms. The molecule has 1 amide bonds. The number of halogens is 3. The van der Waals surface area contributed by atoms with Gasteiger partial charge >= 0.3 is 0 Å². The Morgan fingerprint density at radius 1 is 1.24 bits per heavy atom. The smallest absolute Gasteiger partial charge is 0.225 e. The summed E-state index contributed by atoms with van der Waals surface area (Å²) >= 11 is 18.2. The Balaban J connectivity index is 2.18. The number of aromatic nitrogens is 2. The Labute approximate surface area is 161 Å². The standard InChI is InChI=1S/C17H17Cl3N4O/c1-2-3-4-5-6-14(25)22-17-11(9-21)10-24(23-17)13-8-7-12(18)15(19)16(13)20/h7-8,10H,2-6H2,1H3,(H,22,23,25). The number of nitrogens with zero attached hydrogens (tertiary/aromatic N) is 3. The topological polar surface area (TPSA) is 70.7 Å². The molecule has 2 rings (SSSR count). The molecule has 132 valence electrons. The number of nitrogens with one attached hydrogen (secondary N) is 1. The molecule has 0 saturated carbocycles. The second-order valence-corrected chi connectivity index (χ2v) is 6.66. The first kappa shape index (κ1) is 19.6. The van der Waals surface area contributed by atoms with Crippen LogP contribution in [0.4, 0.5) is 5.82 Å². The lowest BCUT2D eigenvalue weighted by molar-refractivity contribution is -0.116. The van der Waals surface area contributed by atoms with Crippen LogP contribution in [-0.4, -0.2) is 15.7 Å². The van der Waals surface area contributed by atoms with Crippen LogP contribution in [0.5, 0.6) is 0 Å². The number of anilines is 1. The number of unbranched alkanes of at least 4 members (excludes halogenated alkanes) is 3. The van der Waals surface area contributed by atoms with Crippen LogP contribution in [0.2, 0.25) is 15.1 Å². The molecule has 8 heteroatoms. The zero-order valence-corrected chi connectivity index (χ0v) is 15.9. The number of carbonyl (C=O) groups is 1. The van der Waals surface area contributed by atoms with Gasteiger partial charge in [-0.15, -0.1) is 5.10 Å². The van der Waals surface area contributed by atoms with E-state index in [1.807, 2.05) is 6.07 Å². The zero-order chi connectivity index (χ0) is 18.4. The fraction of sp³-hybridized carbons (Fsp3) is 0.353. The van der Waals surface area contributed by atoms with E-state index in [4.69, 9.17) is 34.8 Å². The highest BCUT2D eigenvalue weighted by Gasteiger charge is 2.16. The van der Waals surface area contributed by atoms with Crippen molar-refractivity contribution in [2.24, 2.45) is 0 Å². The van der Waals surface area contributed by atoms with E-state index in [-0.39, 0.29) is 27.3 Å². The summed E-state index contributed by atoms with van der Waals surface area (Å²) in [6, 6.07) is 5.24. The number of carbonyl (C=O) groups excluding carboxylic acids is 1. The van der Waals surface area contributed by atoms with Crippen molar-refractivity contribution in [2.75, 3.05) is 5.32 Å². The van der Waals surface area contributed by atoms with Crippen LogP contribution in [0.3, 0.4) is 0 Å². The maximum Gasteiger partial charge on any atom is 0.225 e. The van der Waals surface area contributed by atoms with Gasteiger partial charge in [0.2, 0.25) is 5.91 Å². The molecule has 5 nitrogen and oxygen atoms in total. The lowest BCUT2D eigenvalue weighted by atomic mass is 10.1. The fourth-order valence-corrected chi connectivity index (χ4v) is 2.89. The van der Waals surface area contributed by atoms with E-state index in [1.54, 1.807) is 12.1 Å². The zero-order valence-electron chi connectivity index (χ0n) is 13.7. The summed E-state index contributed by atoms with van der Waals surface area (Å²) in [5.74, 6) is 0.0308. The number of benzene rings is 1. The SMILES string of the molecule is CCCCCCC(=O)Nc1nn(-c2ccc(Cl)c(Cl)c2Cl)cc1C#N. The Hall–Kier alpha value is -1.74. The summed E-state index contributed by atoms with van der Waals surface area (Å²) in [4.78, 5) is 12.0. The summed E-state index contributed by atoms with van der Waals surface area (Å²) in [6.07, 6.45) is 5.89. The summed E-state index contributed by atoms with van der Waals surface area (Å²) in [5.41, 5.74) is 0.708. The Kier molecular flexibility index (Phi) is 7.12. The van der Waals surface area contributed by atoms with E-state index in [0.717, 1.165) is 25.7 Å². The van der Waals surface area contributed by atoms with Crippen molar-refractivity contribution in [2.45, 2.75) is 39.0 Å². The quantitative estimate of drug-likeness (QED) is 0.485. The summed E-state index contributed by atoms with van der Waals surface area (Å²) < 4.78 is 1.40. The molecule has 0 fully saturated rings. The molecule has 1 N–H and O–H groups in total. The number of hydrogen-bond acceptors (Lipinski definition) is 3. The van der Waals surface area contributed by atoms with Gasteiger partial charge in [0.05, 0.1) is 27.0 Å². The molecular weight excluding hydrogens is 383 g/mol. The summed E-state index contributed by atoms with van der Waals surface area (Å²) in [6.45, 7) is 2.11. The van der Waals surface area contributed by atoms with Crippen LogP contribution in [-0.2, 0) is 4.79 Å². The average Bonchev–Trinajstić information content (AvgIpc) is 2.99. The molecule has 0 spiro atoms. The molecule has 0 aliphatic heterocycles.